The molecule has 1 aliphatic rings. The molecule has 10 heteroatoms. The van der Waals surface area contributed by atoms with Crippen molar-refractivity contribution in [3.05, 3.63) is 71.9 Å². The summed E-state index contributed by atoms with van der Waals surface area (Å²) in [6.45, 7) is 2.69. The van der Waals surface area contributed by atoms with Gasteiger partial charge in [-0.2, -0.15) is 18.2 Å². The van der Waals surface area contributed by atoms with Gasteiger partial charge >= 0.3 is 6.18 Å². The molecule has 0 atom stereocenters. The monoisotopic (exact) mass is 443 g/mol. The predicted molar refractivity (Wildman–Crippen MR) is 110 cm³/mol. The zero-order chi connectivity index (χ0) is 22.6. The fourth-order valence-corrected chi connectivity index (χ4v) is 3.34. The second-order valence-electron chi connectivity index (χ2n) is 7.31. The molecule has 0 bridgehead atoms. The lowest BCUT2D eigenvalue weighted by atomic mass is 10.1. The van der Waals surface area contributed by atoms with E-state index in [9.17, 15) is 18.0 Å². The molecular formula is C22H20F3N5O2. The Kier molecular flexibility index (Phi) is 6.31. The molecule has 0 N–H and O–H groups in total. The van der Waals surface area contributed by atoms with Crippen molar-refractivity contribution in [2.24, 2.45) is 0 Å². The summed E-state index contributed by atoms with van der Waals surface area (Å²) in [5, 5.41) is 3.81. The fourth-order valence-electron chi connectivity index (χ4n) is 3.34. The van der Waals surface area contributed by atoms with Gasteiger partial charge in [-0.25, -0.2) is 0 Å². The van der Waals surface area contributed by atoms with Crippen molar-refractivity contribution in [2.75, 3.05) is 26.2 Å². The second kappa shape index (κ2) is 9.31. The third kappa shape index (κ3) is 5.38. The van der Waals surface area contributed by atoms with Crippen LogP contribution in [0.1, 0.15) is 17.0 Å². The summed E-state index contributed by atoms with van der Waals surface area (Å²) in [5.41, 5.74) is 0.331. The Hall–Kier alpha value is -3.53. The molecule has 4 rings (SSSR count). The molecule has 1 saturated heterocycles. The van der Waals surface area contributed by atoms with Gasteiger partial charge in [-0.1, -0.05) is 23.4 Å². The third-order valence-corrected chi connectivity index (χ3v) is 5.06. The molecule has 3 aromatic rings. The van der Waals surface area contributed by atoms with E-state index in [-0.39, 0.29) is 17.3 Å². The van der Waals surface area contributed by atoms with E-state index in [4.69, 9.17) is 4.52 Å². The molecule has 2 aromatic heterocycles. The molecule has 32 heavy (non-hydrogen) atoms. The molecule has 0 aliphatic carbocycles. The van der Waals surface area contributed by atoms with Gasteiger partial charge in [0.25, 0.3) is 0 Å². The molecule has 1 aliphatic heterocycles. The molecule has 3 heterocycles. The van der Waals surface area contributed by atoms with Gasteiger partial charge in [0.2, 0.25) is 17.6 Å². The van der Waals surface area contributed by atoms with Crippen LogP contribution in [0.3, 0.4) is 0 Å². The summed E-state index contributed by atoms with van der Waals surface area (Å²) in [5.74, 6) is 0.354. The molecule has 166 valence electrons. The Morgan fingerprint density at radius 2 is 1.94 bits per heavy atom. The van der Waals surface area contributed by atoms with Gasteiger partial charge in [-0.15, -0.1) is 0 Å². The maximum atomic E-state index is 12.9. The number of benzene rings is 1. The number of piperazine rings is 1. The average Bonchev–Trinajstić information content (AvgIpc) is 3.27. The van der Waals surface area contributed by atoms with Gasteiger partial charge in [0, 0.05) is 50.2 Å². The highest BCUT2D eigenvalue weighted by Crippen LogP contribution is 2.31. The fraction of sp³-hybridized carbons (Fsp3) is 0.273. The number of pyridine rings is 1. The van der Waals surface area contributed by atoms with Crippen LogP contribution in [0.25, 0.3) is 17.5 Å². The highest BCUT2D eigenvalue weighted by atomic mass is 19.4. The maximum Gasteiger partial charge on any atom is 0.416 e. The van der Waals surface area contributed by atoms with Crippen molar-refractivity contribution in [2.45, 2.75) is 12.7 Å². The number of hydrogen-bond donors (Lipinski definition) is 0. The number of aromatic nitrogens is 3. The van der Waals surface area contributed by atoms with Crippen LogP contribution in [0.5, 0.6) is 0 Å². The summed E-state index contributed by atoms with van der Waals surface area (Å²) in [4.78, 5) is 24.4. The van der Waals surface area contributed by atoms with Crippen LogP contribution in [-0.4, -0.2) is 57.0 Å². The summed E-state index contributed by atoms with van der Waals surface area (Å²) in [7, 11) is 0. The summed E-state index contributed by atoms with van der Waals surface area (Å²) < 4.78 is 44.0. The summed E-state index contributed by atoms with van der Waals surface area (Å²) in [6.07, 6.45) is 2.18. The Balaban J connectivity index is 1.31. The van der Waals surface area contributed by atoms with Crippen molar-refractivity contribution < 1.29 is 22.5 Å². The standard InChI is InChI=1S/C22H20F3N5O2/c23-22(24,25)18-5-1-4-17(13-18)21-27-19(32-28-21)15-29-9-11-30(12-10-29)20(31)7-6-16-3-2-8-26-14-16/h1-8,13-14H,9-12,15H2. The molecule has 1 aromatic carbocycles. The predicted octanol–water partition coefficient (Wildman–Crippen LogP) is 3.51. The van der Waals surface area contributed by atoms with Gasteiger partial charge in [0.1, 0.15) is 0 Å². The van der Waals surface area contributed by atoms with E-state index in [1.165, 1.54) is 18.2 Å². The third-order valence-electron chi connectivity index (χ3n) is 5.06. The number of alkyl halides is 3. The molecule has 1 amide bonds. The van der Waals surface area contributed by atoms with Crippen LogP contribution in [0.2, 0.25) is 0 Å². The molecular weight excluding hydrogens is 423 g/mol. The first kappa shape index (κ1) is 21.7. The first-order chi connectivity index (χ1) is 15.4. The quantitative estimate of drug-likeness (QED) is 0.562. The zero-order valence-electron chi connectivity index (χ0n) is 17.0. The number of nitrogens with zero attached hydrogens (tertiary/aromatic N) is 5. The molecule has 0 unspecified atom stereocenters. The van der Waals surface area contributed by atoms with Crippen LogP contribution < -0.4 is 0 Å². The minimum absolute atomic E-state index is 0.0712. The van der Waals surface area contributed by atoms with Gasteiger partial charge in [0.15, 0.2) is 0 Å². The van der Waals surface area contributed by atoms with Crippen LogP contribution in [0.4, 0.5) is 13.2 Å². The topological polar surface area (TPSA) is 75.4 Å². The van der Waals surface area contributed by atoms with E-state index < -0.39 is 11.7 Å². The van der Waals surface area contributed by atoms with Crippen LogP contribution in [0, 0.1) is 0 Å². The van der Waals surface area contributed by atoms with Crippen LogP contribution in [-0.2, 0) is 17.5 Å². The Morgan fingerprint density at radius 1 is 1.12 bits per heavy atom. The molecule has 0 saturated carbocycles. The molecule has 1 fully saturated rings. The van der Waals surface area contributed by atoms with Crippen LogP contribution >= 0.6 is 0 Å². The highest BCUT2D eigenvalue weighted by molar-refractivity contribution is 5.91. The minimum atomic E-state index is -4.44. The minimum Gasteiger partial charge on any atom is -0.338 e. The summed E-state index contributed by atoms with van der Waals surface area (Å²) in [6, 6.07) is 8.49. The van der Waals surface area contributed by atoms with E-state index in [0.29, 0.717) is 38.6 Å². The first-order valence-corrected chi connectivity index (χ1v) is 9.98. The largest absolute Gasteiger partial charge is 0.416 e. The van der Waals surface area contributed by atoms with Crippen molar-refractivity contribution in [3.63, 3.8) is 0 Å². The van der Waals surface area contributed by atoms with E-state index in [1.807, 2.05) is 6.07 Å². The number of halogens is 3. The van der Waals surface area contributed by atoms with Gasteiger partial charge in [-0.05, 0) is 29.8 Å². The maximum absolute atomic E-state index is 12.9. The van der Waals surface area contributed by atoms with E-state index in [0.717, 1.165) is 17.7 Å². The van der Waals surface area contributed by atoms with Crippen molar-refractivity contribution >= 4 is 12.0 Å². The second-order valence-corrected chi connectivity index (χ2v) is 7.31. The van der Waals surface area contributed by atoms with Gasteiger partial charge < -0.3 is 9.42 Å². The van der Waals surface area contributed by atoms with Crippen molar-refractivity contribution in [1.29, 1.82) is 0 Å². The van der Waals surface area contributed by atoms with Crippen molar-refractivity contribution in [1.82, 2.24) is 24.9 Å². The Bertz CT molecular complexity index is 1090. The summed E-state index contributed by atoms with van der Waals surface area (Å²) >= 11 is 0. The number of amides is 1. The molecule has 0 radical (unpaired) electrons. The Morgan fingerprint density at radius 3 is 2.66 bits per heavy atom. The lowest BCUT2D eigenvalue weighted by molar-refractivity contribution is -0.137. The lowest BCUT2D eigenvalue weighted by Crippen LogP contribution is -2.47. The van der Waals surface area contributed by atoms with Crippen molar-refractivity contribution in [3.8, 4) is 11.4 Å². The first-order valence-electron chi connectivity index (χ1n) is 9.98. The number of hydrogen-bond acceptors (Lipinski definition) is 6. The molecule has 0 spiro atoms. The number of carbonyl (C=O) groups excluding carboxylic acids is 1. The number of rotatable bonds is 5. The van der Waals surface area contributed by atoms with E-state index in [1.54, 1.807) is 29.4 Å². The number of carbonyl (C=O) groups is 1. The molecule has 7 nitrogen and oxygen atoms in total. The highest BCUT2D eigenvalue weighted by Gasteiger charge is 2.31. The normalized spacial score (nSPS) is 15.4. The lowest BCUT2D eigenvalue weighted by Gasteiger charge is -2.33. The zero-order valence-corrected chi connectivity index (χ0v) is 17.0. The van der Waals surface area contributed by atoms with Crippen LogP contribution in [0.15, 0.2) is 59.4 Å². The SMILES string of the molecule is O=C(C=Cc1cccnc1)N1CCN(Cc2nc(-c3cccc(C(F)(F)F)c3)no2)CC1. The Labute approximate surface area is 182 Å². The van der Waals surface area contributed by atoms with Gasteiger partial charge in [-0.3, -0.25) is 14.7 Å². The average molecular weight is 443 g/mol. The van der Waals surface area contributed by atoms with E-state index >= 15 is 0 Å². The smallest absolute Gasteiger partial charge is 0.338 e. The van der Waals surface area contributed by atoms with E-state index in [2.05, 4.69) is 20.0 Å². The van der Waals surface area contributed by atoms with Gasteiger partial charge in [0.05, 0.1) is 12.1 Å².